The topological polar surface area (TPSA) is 0 Å². The monoisotopic (exact) mass is 414 g/mol. The standard InChI is InChI=1S/C30H19Cl/c31-24-15-12-20(13-16-24)22-14-17-28-26-10-4-2-7-23(26)19-30(29(28)18-22)27-11-5-8-21-6-1-3-9-25(21)27/h1-19H. The van der Waals surface area contributed by atoms with Crippen molar-refractivity contribution >= 4 is 43.9 Å². The van der Waals surface area contributed by atoms with Crippen LogP contribution in [0.25, 0.3) is 54.6 Å². The maximum Gasteiger partial charge on any atom is 0.0406 e. The molecule has 0 heterocycles. The van der Waals surface area contributed by atoms with Crippen LogP contribution in [0.1, 0.15) is 0 Å². The van der Waals surface area contributed by atoms with E-state index in [4.69, 9.17) is 11.6 Å². The van der Waals surface area contributed by atoms with Crippen LogP contribution in [0.5, 0.6) is 0 Å². The third kappa shape index (κ3) is 3.08. The van der Waals surface area contributed by atoms with Crippen molar-refractivity contribution < 1.29 is 0 Å². The summed E-state index contributed by atoms with van der Waals surface area (Å²) in [6.45, 7) is 0. The Balaban J connectivity index is 1.72. The molecule has 0 saturated heterocycles. The quantitative estimate of drug-likeness (QED) is 0.248. The number of benzene rings is 6. The number of hydrogen-bond acceptors (Lipinski definition) is 0. The molecule has 0 atom stereocenters. The van der Waals surface area contributed by atoms with E-state index in [1.165, 1.54) is 54.6 Å². The molecular weight excluding hydrogens is 396 g/mol. The van der Waals surface area contributed by atoms with Crippen LogP contribution < -0.4 is 0 Å². The molecule has 6 aromatic rings. The number of rotatable bonds is 2. The summed E-state index contributed by atoms with van der Waals surface area (Å²) >= 11 is 6.12. The van der Waals surface area contributed by atoms with Crippen molar-refractivity contribution in [3.05, 3.63) is 120 Å². The summed E-state index contributed by atoms with van der Waals surface area (Å²) < 4.78 is 0. The Hall–Kier alpha value is -3.61. The predicted molar refractivity (Wildman–Crippen MR) is 135 cm³/mol. The molecule has 1 heteroatoms. The maximum absolute atomic E-state index is 6.12. The van der Waals surface area contributed by atoms with Gasteiger partial charge in [0.05, 0.1) is 0 Å². The van der Waals surface area contributed by atoms with Crippen molar-refractivity contribution in [2.45, 2.75) is 0 Å². The third-order valence-corrected chi connectivity index (χ3v) is 6.37. The maximum atomic E-state index is 6.12. The molecule has 0 aliphatic carbocycles. The van der Waals surface area contributed by atoms with Gasteiger partial charge in [-0.2, -0.15) is 0 Å². The van der Waals surface area contributed by atoms with E-state index < -0.39 is 0 Å². The van der Waals surface area contributed by atoms with Crippen LogP contribution in [0, 0.1) is 0 Å². The lowest BCUT2D eigenvalue weighted by molar-refractivity contribution is 1.64. The van der Waals surface area contributed by atoms with Crippen LogP contribution in [0.4, 0.5) is 0 Å². The van der Waals surface area contributed by atoms with Gasteiger partial charge in [0, 0.05) is 5.02 Å². The number of hydrogen-bond donors (Lipinski definition) is 0. The highest BCUT2D eigenvalue weighted by molar-refractivity contribution is 6.30. The molecule has 6 aromatic carbocycles. The Kier molecular flexibility index (Phi) is 4.26. The van der Waals surface area contributed by atoms with E-state index in [-0.39, 0.29) is 0 Å². The summed E-state index contributed by atoms with van der Waals surface area (Å²) in [6, 6.07) is 41.1. The molecule has 0 aromatic heterocycles. The molecule has 0 aliphatic heterocycles. The van der Waals surface area contributed by atoms with Crippen LogP contribution in [0.2, 0.25) is 5.02 Å². The fourth-order valence-corrected chi connectivity index (χ4v) is 4.73. The Morgan fingerprint density at radius 2 is 1.06 bits per heavy atom. The molecular formula is C30H19Cl. The lowest BCUT2D eigenvalue weighted by Gasteiger charge is -2.15. The second-order valence-electron chi connectivity index (χ2n) is 7.94. The van der Waals surface area contributed by atoms with Gasteiger partial charge in [-0.3, -0.25) is 0 Å². The minimum Gasteiger partial charge on any atom is -0.0843 e. The minimum atomic E-state index is 0.756. The number of halogens is 1. The molecule has 0 fully saturated rings. The summed E-state index contributed by atoms with van der Waals surface area (Å²) in [5, 5.41) is 8.38. The first-order valence-electron chi connectivity index (χ1n) is 10.5. The fourth-order valence-electron chi connectivity index (χ4n) is 4.61. The molecule has 0 amide bonds. The van der Waals surface area contributed by atoms with Gasteiger partial charge < -0.3 is 0 Å². The van der Waals surface area contributed by atoms with E-state index in [2.05, 4.69) is 103 Å². The molecule has 31 heavy (non-hydrogen) atoms. The zero-order chi connectivity index (χ0) is 20.8. The van der Waals surface area contributed by atoms with Crippen molar-refractivity contribution in [1.82, 2.24) is 0 Å². The average molecular weight is 415 g/mol. The highest BCUT2D eigenvalue weighted by atomic mass is 35.5. The lowest BCUT2D eigenvalue weighted by atomic mass is 9.89. The van der Waals surface area contributed by atoms with E-state index in [1.54, 1.807) is 0 Å². The number of fused-ring (bicyclic) bond motifs is 4. The second kappa shape index (κ2) is 7.27. The van der Waals surface area contributed by atoms with Crippen molar-refractivity contribution in [3.8, 4) is 22.3 Å². The molecule has 0 spiro atoms. The van der Waals surface area contributed by atoms with Gasteiger partial charge in [-0.05, 0) is 78.8 Å². The van der Waals surface area contributed by atoms with E-state index in [1.807, 2.05) is 12.1 Å². The van der Waals surface area contributed by atoms with Gasteiger partial charge in [-0.1, -0.05) is 103 Å². The Labute approximate surface area is 186 Å². The smallest absolute Gasteiger partial charge is 0.0406 e. The zero-order valence-corrected chi connectivity index (χ0v) is 17.6. The van der Waals surface area contributed by atoms with E-state index in [9.17, 15) is 0 Å². The first kappa shape index (κ1) is 18.2. The summed E-state index contributed by atoms with van der Waals surface area (Å²) in [4.78, 5) is 0. The third-order valence-electron chi connectivity index (χ3n) is 6.12. The minimum absolute atomic E-state index is 0.756. The fraction of sp³-hybridized carbons (Fsp3) is 0. The average Bonchev–Trinajstić information content (AvgIpc) is 2.83. The first-order valence-corrected chi connectivity index (χ1v) is 10.9. The van der Waals surface area contributed by atoms with Crippen LogP contribution in [-0.2, 0) is 0 Å². The molecule has 0 saturated carbocycles. The van der Waals surface area contributed by atoms with Gasteiger partial charge in [0.1, 0.15) is 0 Å². The molecule has 0 aliphatic rings. The van der Waals surface area contributed by atoms with Crippen LogP contribution >= 0.6 is 11.6 Å². The van der Waals surface area contributed by atoms with Crippen molar-refractivity contribution in [3.63, 3.8) is 0 Å². The summed E-state index contributed by atoms with van der Waals surface area (Å²) in [6.07, 6.45) is 0. The summed E-state index contributed by atoms with van der Waals surface area (Å²) in [7, 11) is 0. The molecule has 6 rings (SSSR count). The Bertz CT molecular complexity index is 1570. The summed E-state index contributed by atoms with van der Waals surface area (Å²) in [5.41, 5.74) is 4.90. The van der Waals surface area contributed by atoms with Gasteiger partial charge in [-0.25, -0.2) is 0 Å². The van der Waals surface area contributed by atoms with E-state index in [0.717, 1.165) is 5.02 Å². The largest absolute Gasteiger partial charge is 0.0843 e. The first-order chi connectivity index (χ1) is 15.3. The van der Waals surface area contributed by atoms with Gasteiger partial charge in [0.2, 0.25) is 0 Å². The summed E-state index contributed by atoms with van der Waals surface area (Å²) in [5.74, 6) is 0. The highest BCUT2D eigenvalue weighted by Gasteiger charge is 2.12. The van der Waals surface area contributed by atoms with Gasteiger partial charge >= 0.3 is 0 Å². The van der Waals surface area contributed by atoms with Crippen molar-refractivity contribution in [2.75, 3.05) is 0 Å². The molecule has 146 valence electrons. The van der Waals surface area contributed by atoms with Gasteiger partial charge in [-0.15, -0.1) is 0 Å². The van der Waals surface area contributed by atoms with Crippen molar-refractivity contribution in [1.29, 1.82) is 0 Å². The Morgan fingerprint density at radius 3 is 1.90 bits per heavy atom. The van der Waals surface area contributed by atoms with Gasteiger partial charge in [0.15, 0.2) is 0 Å². The van der Waals surface area contributed by atoms with E-state index >= 15 is 0 Å². The lowest BCUT2D eigenvalue weighted by Crippen LogP contribution is -1.88. The van der Waals surface area contributed by atoms with E-state index in [0.29, 0.717) is 0 Å². The van der Waals surface area contributed by atoms with Crippen LogP contribution in [0.15, 0.2) is 115 Å². The van der Waals surface area contributed by atoms with Gasteiger partial charge in [0.25, 0.3) is 0 Å². The molecule has 0 radical (unpaired) electrons. The SMILES string of the molecule is Clc1ccc(-c2ccc3c(c2)c(-c2cccc4ccccc24)cc2ccccc23)cc1. The molecule has 0 bridgehead atoms. The Morgan fingerprint density at radius 1 is 0.387 bits per heavy atom. The van der Waals surface area contributed by atoms with Crippen LogP contribution in [0.3, 0.4) is 0 Å². The van der Waals surface area contributed by atoms with Crippen LogP contribution in [-0.4, -0.2) is 0 Å². The molecule has 0 nitrogen and oxygen atoms in total. The predicted octanol–water partition coefficient (Wildman–Crippen LogP) is 9.13. The molecule has 0 unspecified atom stereocenters. The molecule has 0 N–H and O–H groups in total. The second-order valence-corrected chi connectivity index (χ2v) is 8.38. The highest BCUT2D eigenvalue weighted by Crippen LogP contribution is 2.39. The van der Waals surface area contributed by atoms with Crippen molar-refractivity contribution in [2.24, 2.45) is 0 Å². The normalized spacial score (nSPS) is 11.4. The zero-order valence-electron chi connectivity index (χ0n) is 16.8.